The van der Waals surface area contributed by atoms with Crippen molar-refractivity contribution in [2.24, 2.45) is 0 Å². The molecule has 1 aliphatic rings. The van der Waals surface area contributed by atoms with Gasteiger partial charge >= 0.3 is 0 Å². The Morgan fingerprint density at radius 1 is 1.10 bits per heavy atom. The quantitative estimate of drug-likeness (QED) is 0.797. The Kier molecular flexibility index (Phi) is 2.84. The Morgan fingerprint density at radius 3 is 2.67 bits per heavy atom. The van der Waals surface area contributed by atoms with Gasteiger partial charge in [-0.2, -0.15) is 4.52 Å². The van der Waals surface area contributed by atoms with Gasteiger partial charge in [-0.15, -0.1) is 15.3 Å². The molecule has 0 unspecified atom stereocenters. The summed E-state index contributed by atoms with van der Waals surface area (Å²) in [6, 6.07) is 14.5. The van der Waals surface area contributed by atoms with E-state index in [0.29, 0.717) is 5.92 Å². The van der Waals surface area contributed by atoms with Crippen LogP contribution in [0.15, 0.2) is 42.5 Å². The van der Waals surface area contributed by atoms with E-state index in [2.05, 4.69) is 51.8 Å². The molecule has 0 bridgehead atoms. The van der Waals surface area contributed by atoms with Crippen LogP contribution in [0.3, 0.4) is 0 Å². The Morgan fingerprint density at radius 2 is 1.90 bits per heavy atom. The summed E-state index contributed by atoms with van der Waals surface area (Å²) in [4.78, 5) is 0. The van der Waals surface area contributed by atoms with Crippen molar-refractivity contribution in [2.75, 3.05) is 5.32 Å². The average Bonchev–Trinajstić information content (AvgIpc) is 3.28. The van der Waals surface area contributed by atoms with Crippen LogP contribution in [0, 0.1) is 0 Å². The highest BCUT2D eigenvalue weighted by atomic mass is 15.4. The summed E-state index contributed by atoms with van der Waals surface area (Å²) in [5.41, 5.74) is 2.06. The first-order valence-corrected chi connectivity index (χ1v) is 7.35. The minimum absolute atomic E-state index is 0.206. The van der Waals surface area contributed by atoms with E-state index in [0.717, 1.165) is 17.3 Å². The fourth-order valence-corrected chi connectivity index (χ4v) is 2.53. The van der Waals surface area contributed by atoms with E-state index >= 15 is 0 Å². The normalized spacial score (nSPS) is 16.0. The zero-order valence-corrected chi connectivity index (χ0v) is 11.9. The molecule has 21 heavy (non-hydrogen) atoms. The lowest BCUT2D eigenvalue weighted by Gasteiger charge is -2.14. The topological polar surface area (TPSA) is 55.1 Å². The van der Waals surface area contributed by atoms with E-state index in [9.17, 15) is 0 Å². The van der Waals surface area contributed by atoms with Gasteiger partial charge < -0.3 is 5.32 Å². The Hall–Kier alpha value is -2.43. The first-order chi connectivity index (χ1) is 10.3. The smallest absolute Gasteiger partial charge is 0.178 e. The van der Waals surface area contributed by atoms with Crippen LogP contribution in [0.1, 0.15) is 43.1 Å². The number of rotatable bonds is 4. The van der Waals surface area contributed by atoms with Gasteiger partial charge in [0.05, 0.1) is 0 Å². The fraction of sp³-hybridized carbons (Fsp3) is 0.312. The molecular weight excluding hydrogens is 262 g/mol. The van der Waals surface area contributed by atoms with E-state index in [-0.39, 0.29) is 6.04 Å². The molecule has 1 aromatic carbocycles. The van der Waals surface area contributed by atoms with Gasteiger partial charge in [0.1, 0.15) is 5.82 Å². The minimum atomic E-state index is 0.206. The standard InChI is InChI=1S/C16H17N5/c1-11(12-5-3-2-4-6-12)17-14-9-10-15-18-19-16(13-7-8-13)21(15)20-14/h2-6,9-11,13H,7-8H2,1H3,(H,17,20)/t11-/m1/s1. The lowest BCUT2D eigenvalue weighted by molar-refractivity contribution is 0.798. The summed E-state index contributed by atoms with van der Waals surface area (Å²) in [7, 11) is 0. The maximum atomic E-state index is 4.64. The molecule has 1 N–H and O–H groups in total. The second-order valence-electron chi connectivity index (χ2n) is 5.60. The third-order valence-corrected chi connectivity index (χ3v) is 3.89. The zero-order valence-electron chi connectivity index (χ0n) is 11.9. The van der Waals surface area contributed by atoms with E-state index in [1.807, 2.05) is 22.7 Å². The zero-order chi connectivity index (χ0) is 14.2. The molecule has 0 aliphatic heterocycles. The summed E-state index contributed by atoms with van der Waals surface area (Å²) < 4.78 is 1.87. The van der Waals surface area contributed by atoms with Crippen molar-refractivity contribution in [3.8, 4) is 0 Å². The summed E-state index contributed by atoms with van der Waals surface area (Å²) >= 11 is 0. The SMILES string of the molecule is C[C@@H](Nc1ccc2nnc(C3CC3)n2n1)c1ccccc1. The first-order valence-electron chi connectivity index (χ1n) is 7.35. The predicted octanol–water partition coefficient (Wildman–Crippen LogP) is 3.17. The summed E-state index contributed by atoms with van der Waals surface area (Å²) in [5.74, 6) is 2.37. The van der Waals surface area contributed by atoms with Crippen LogP contribution in [-0.4, -0.2) is 19.8 Å². The van der Waals surface area contributed by atoms with E-state index in [1.54, 1.807) is 0 Å². The van der Waals surface area contributed by atoms with Crippen molar-refractivity contribution in [2.45, 2.75) is 31.7 Å². The van der Waals surface area contributed by atoms with Crippen LogP contribution in [-0.2, 0) is 0 Å². The number of aromatic nitrogens is 4. The third kappa shape index (κ3) is 2.35. The Balaban J connectivity index is 1.63. The number of anilines is 1. The van der Waals surface area contributed by atoms with E-state index in [4.69, 9.17) is 0 Å². The van der Waals surface area contributed by atoms with Gasteiger partial charge in [-0.1, -0.05) is 30.3 Å². The lowest BCUT2D eigenvalue weighted by atomic mass is 10.1. The molecule has 5 nitrogen and oxygen atoms in total. The number of fused-ring (bicyclic) bond motifs is 1. The van der Waals surface area contributed by atoms with Gasteiger partial charge in [0.25, 0.3) is 0 Å². The van der Waals surface area contributed by atoms with Gasteiger partial charge in [0.15, 0.2) is 11.5 Å². The molecule has 1 saturated carbocycles. The molecule has 1 aliphatic carbocycles. The second-order valence-corrected chi connectivity index (χ2v) is 5.60. The maximum absolute atomic E-state index is 4.64. The lowest BCUT2D eigenvalue weighted by Crippen LogP contribution is -2.10. The predicted molar refractivity (Wildman–Crippen MR) is 81.2 cm³/mol. The van der Waals surface area contributed by atoms with E-state index in [1.165, 1.54) is 18.4 Å². The van der Waals surface area contributed by atoms with Crippen LogP contribution in [0.5, 0.6) is 0 Å². The average molecular weight is 279 g/mol. The molecule has 0 spiro atoms. The number of nitrogens with zero attached hydrogens (tertiary/aromatic N) is 4. The van der Waals surface area contributed by atoms with Gasteiger partial charge in [-0.3, -0.25) is 0 Å². The Bertz CT molecular complexity index is 761. The van der Waals surface area contributed by atoms with Crippen molar-refractivity contribution in [1.82, 2.24) is 19.8 Å². The molecule has 1 fully saturated rings. The number of hydrogen-bond donors (Lipinski definition) is 1. The summed E-state index contributed by atoms with van der Waals surface area (Å²) in [6.45, 7) is 2.13. The first kappa shape index (κ1) is 12.3. The molecule has 0 amide bonds. The van der Waals surface area contributed by atoms with Crippen molar-refractivity contribution in [3.63, 3.8) is 0 Å². The van der Waals surface area contributed by atoms with Crippen molar-refractivity contribution in [3.05, 3.63) is 53.9 Å². The number of benzene rings is 1. The Labute approximate surface area is 123 Å². The van der Waals surface area contributed by atoms with Crippen molar-refractivity contribution >= 4 is 11.5 Å². The molecule has 3 aromatic rings. The molecule has 1 atom stereocenters. The molecule has 2 aromatic heterocycles. The number of hydrogen-bond acceptors (Lipinski definition) is 4. The van der Waals surface area contributed by atoms with Crippen LogP contribution in [0.4, 0.5) is 5.82 Å². The van der Waals surface area contributed by atoms with Crippen LogP contribution >= 0.6 is 0 Å². The molecule has 0 saturated heterocycles. The molecule has 5 heteroatoms. The van der Waals surface area contributed by atoms with Gasteiger partial charge in [-0.05, 0) is 37.5 Å². The largest absolute Gasteiger partial charge is 0.362 e. The van der Waals surface area contributed by atoms with Gasteiger partial charge in [0.2, 0.25) is 0 Å². The van der Waals surface area contributed by atoms with Gasteiger partial charge in [-0.25, -0.2) is 0 Å². The van der Waals surface area contributed by atoms with Crippen LogP contribution in [0.2, 0.25) is 0 Å². The third-order valence-electron chi connectivity index (χ3n) is 3.89. The fourth-order valence-electron chi connectivity index (χ4n) is 2.53. The molecule has 0 radical (unpaired) electrons. The highest BCUT2D eigenvalue weighted by molar-refractivity contribution is 5.45. The summed E-state index contributed by atoms with van der Waals surface area (Å²) in [6.07, 6.45) is 2.39. The molecular formula is C16H17N5. The van der Waals surface area contributed by atoms with Crippen molar-refractivity contribution in [1.29, 1.82) is 0 Å². The highest BCUT2D eigenvalue weighted by Crippen LogP contribution is 2.38. The van der Waals surface area contributed by atoms with Crippen molar-refractivity contribution < 1.29 is 0 Å². The van der Waals surface area contributed by atoms with Gasteiger partial charge in [0, 0.05) is 12.0 Å². The highest BCUT2D eigenvalue weighted by Gasteiger charge is 2.29. The van der Waals surface area contributed by atoms with Crippen LogP contribution < -0.4 is 5.32 Å². The molecule has 106 valence electrons. The van der Waals surface area contributed by atoms with E-state index < -0.39 is 0 Å². The second kappa shape index (κ2) is 4.84. The maximum Gasteiger partial charge on any atom is 0.178 e. The van der Waals surface area contributed by atoms with Crippen LogP contribution in [0.25, 0.3) is 5.65 Å². The molecule has 2 heterocycles. The monoisotopic (exact) mass is 279 g/mol. The molecule has 4 rings (SSSR count). The summed E-state index contributed by atoms with van der Waals surface area (Å²) in [5, 5.41) is 16.5. The number of nitrogens with one attached hydrogen (secondary N) is 1. The minimum Gasteiger partial charge on any atom is -0.362 e.